The lowest BCUT2D eigenvalue weighted by atomic mass is 10.0. The summed E-state index contributed by atoms with van der Waals surface area (Å²) in [6.07, 6.45) is 6.60. The van der Waals surface area contributed by atoms with Gasteiger partial charge in [0, 0.05) is 12.6 Å². The molecule has 1 unspecified atom stereocenters. The average molecular weight is 272 g/mol. The quantitative estimate of drug-likeness (QED) is 0.821. The van der Waals surface area contributed by atoms with Gasteiger partial charge in [0.25, 0.3) is 10.0 Å². The van der Waals surface area contributed by atoms with Gasteiger partial charge in [-0.15, -0.1) is 0 Å². The van der Waals surface area contributed by atoms with Crippen LogP contribution in [0.15, 0.2) is 17.6 Å². The normalized spacial score (nSPS) is 22.2. The van der Waals surface area contributed by atoms with Gasteiger partial charge in [0.2, 0.25) is 0 Å². The van der Waals surface area contributed by atoms with Crippen molar-refractivity contribution in [1.82, 2.24) is 19.6 Å². The SMILES string of the molecule is CNCCC1CCCCN1S(=O)(=O)c1cnc[nH]1. The second-order valence-corrected chi connectivity index (χ2v) is 6.43. The number of hydrogen-bond donors (Lipinski definition) is 2. The monoisotopic (exact) mass is 272 g/mol. The van der Waals surface area contributed by atoms with E-state index >= 15 is 0 Å². The van der Waals surface area contributed by atoms with E-state index in [1.165, 1.54) is 12.5 Å². The lowest BCUT2D eigenvalue weighted by Crippen LogP contribution is -2.44. The highest BCUT2D eigenvalue weighted by atomic mass is 32.2. The van der Waals surface area contributed by atoms with Gasteiger partial charge in [0.15, 0.2) is 5.03 Å². The summed E-state index contributed by atoms with van der Waals surface area (Å²) in [5.74, 6) is 0. The van der Waals surface area contributed by atoms with Crippen LogP contribution in [0.5, 0.6) is 0 Å². The molecule has 0 amide bonds. The van der Waals surface area contributed by atoms with Gasteiger partial charge in [0.05, 0.1) is 12.5 Å². The smallest absolute Gasteiger partial charge is 0.260 e. The maximum atomic E-state index is 12.5. The first-order valence-electron chi connectivity index (χ1n) is 6.31. The molecule has 2 rings (SSSR count). The zero-order chi connectivity index (χ0) is 13.0. The standard InChI is InChI=1S/C11H20N4O2S/c1-12-6-5-10-4-2-3-7-15(10)18(16,17)11-8-13-9-14-11/h8-10,12H,2-7H2,1H3,(H,13,14). The Morgan fingerprint density at radius 1 is 1.56 bits per heavy atom. The number of nitrogens with one attached hydrogen (secondary N) is 2. The summed E-state index contributed by atoms with van der Waals surface area (Å²) in [6, 6.07) is 0.0968. The summed E-state index contributed by atoms with van der Waals surface area (Å²) < 4.78 is 26.5. The molecule has 0 spiro atoms. The van der Waals surface area contributed by atoms with Crippen LogP contribution >= 0.6 is 0 Å². The molecule has 1 saturated heterocycles. The Bertz CT molecular complexity index is 457. The van der Waals surface area contributed by atoms with Crippen molar-refractivity contribution in [3.63, 3.8) is 0 Å². The first kappa shape index (κ1) is 13.5. The molecule has 6 nitrogen and oxygen atoms in total. The molecule has 0 aliphatic carbocycles. The molecule has 1 aliphatic rings. The third-order valence-electron chi connectivity index (χ3n) is 3.36. The van der Waals surface area contributed by atoms with Crippen molar-refractivity contribution in [3.8, 4) is 0 Å². The zero-order valence-corrected chi connectivity index (χ0v) is 11.4. The molecule has 0 bridgehead atoms. The van der Waals surface area contributed by atoms with E-state index < -0.39 is 10.0 Å². The number of H-pyrrole nitrogens is 1. The largest absolute Gasteiger partial charge is 0.335 e. The second-order valence-electron chi connectivity index (χ2n) is 4.57. The molecule has 102 valence electrons. The van der Waals surface area contributed by atoms with Crippen molar-refractivity contribution in [2.24, 2.45) is 0 Å². The van der Waals surface area contributed by atoms with Gasteiger partial charge < -0.3 is 10.3 Å². The number of imidazole rings is 1. The van der Waals surface area contributed by atoms with E-state index in [0.29, 0.717) is 6.54 Å². The third kappa shape index (κ3) is 2.73. The Kier molecular flexibility index (Phi) is 4.36. The van der Waals surface area contributed by atoms with Crippen LogP contribution in [0, 0.1) is 0 Å². The van der Waals surface area contributed by atoms with Crippen LogP contribution in [0.4, 0.5) is 0 Å². The molecule has 1 aliphatic heterocycles. The van der Waals surface area contributed by atoms with Crippen molar-refractivity contribution in [2.75, 3.05) is 20.1 Å². The number of hydrogen-bond acceptors (Lipinski definition) is 4. The fraction of sp³-hybridized carbons (Fsp3) is 0.727. The molecule has 0 radical (unpaired) electrons. The molecule has 1 aromatic rings. The average Bonchev–Trinajstić information content (AvgIpc) is 2.91. The highest BCUT2D eigenvalue weighted by molar-refractivity contribution is 7.89. The lowest BCUT2D eigenvalue weighted by Gasteiger charge is -2.34. The van der Waals surface area contributed by atoms with Crippen LogP contribution in [0.3, 0.4) is 0 Å². The summed E-state index contributed by atoms with van der Waals surface area (Å²) in [5.41, 5.74) is 0. The van der Waals surface area contributed by atoms with Crippen LogP contribution in [-0.4, -0.2) is 48.9 Å². The number of rotatable bonds is 5. The number of piperidine rings is 1. The fourth-order valence-corrected chi connectivity index (χ4v) is 4.02. The number of aromatic nitrogens is 2. The van der Waals surface area contributed by atoms with Gasteiger partial charge in [-0.3, -0.25) is 0 Å². The van der Waals surface area contributed by atoms with Gasteiger partial charge >= 0.3 is 0 Å². The predicted octanol–water partition coefficient (Wildman–Crippen LogP) is 0.562. The minimum atomic E-state index is -3.41. The van der Waals surface area contributed by atoms with Gasteiger partial charge in [-0.25, -0.2) is 13.4 Å². The first-order chi connectivity index (χ1) is 8.66. The number of sulfonamides is 1. The van der Waals surface area contributed by atoms with Crippen LogP contribution in [0.1, 0.15) is 25.7 Å². The molecular weight excluding hydrogens is 252 g/mol. The maximum absolute atomic E-state index is 12.5. The van der Waals surface area contributed by atoms with E-state index in [2.05, 4.69) is 15.3 Å². The topological polar surface area (TPSA) is 78.1 Å². The molecule has 2 heterocycles. The van der Waals surface area contributed by atoms with Crippen LogP contribution < -0.4 is 5.32 Å². The Morgan fingerprint density at radius 3 is 3.06 bits per heavy atom. The van der Waals surface area contributed by atoms with Crippen LogP contribution in [0.25, 0.3) is 0 Å². The molecule has 1 fully saturated rings. The van der Waals surface area contributed by atoms with Crippen molar-refractivity contribution in [1.29, 1.82) is 0 Å². The molecule has 2 N–H and O–H groups in total. The number of nitrogens with zero attached hydrogens (tertiary/aromatic N) is 2. The molecule has 0 saturated carbocycles. The van der Waals surface area contributed by atoms with E-state index in [1.807, 2.05) is 7.05 Å². The Hall–Kier alpha value is -0.920. The highest BCUT2D eigenvalue weighted by Gasteiger charge is 2.33. The second kappa shape index (κ2) is 5.81. The molecule has 1 atom stereocenters. The molecular formula is C11H20N4O2S. The zero-order valence-electron chi connectivity index (χ0n) is 10.6. The van der Waals surface area contributed by atoms with E-state index in [1.54, 1.807) is 4.31 Å². The third-order valence-corrected chi connectivity index (χ3v) is 5.24. The fourth-order valence-electron chi connectivity index (χ4n) is 2.40. The molecule has 7 heteroatoms. The van der Waals surface area contributed by atoms with Crippen molar-refractivity contribution in [2.45, 2.75) is 36.8 Å². The summed E-state index contributed by atoms with van der Waals surface area (Å²) >= 11 is 0. The predicted molar refractivity (Wildman–Crippen MR) is 68.7 cm³/mol. The minimum absolute atomic E-state index is 0.0968. The van der Waals surface area contributed by atoms with Gasteiger partial charge in [-0.2, -0.15) is 4.31 Å². The minimum Gasteiger partial charge on any atom is -0.335 e. The van der Waals surface area contributed by atoms with Crippen molar-refractivity contribution in [3.05, 3.63) is 12.5 Å². The summed E-state index contributed by atoms with van der Waals surface area (Å²) in [5, 5.41) is 3.27. The molecule has 18 heavy (non-hydrogen) atoms. The number of aromatic amines is 1. The Morgan fingerprint density at radius 2 is 2.39 bits per heavy atom. The van der Waals surface area contributed by atoms with Gasteiger partial charge in [-0.05, 0) is 32.9 Å². The van der Waals surface area contributed by atoms with Gasteiger partial charge in [0.1, 0.15) is 0 Å². The Balaban J connectivity index is 2.18. The summed E-state index contributed by atoms with van der Waals surface area (Å²) in [6.45, 7) is 1.44. The van der Waals surface area contributed by atoms with Crippen molar-refractivity contribution < 1.29 is 8.42 Å². The molecule has 0 aromatic carbocycles. The highest BCUT2D eigenvalue weighted by Crippen LogP contribution is 2.25. The molecule has 1 aromatic heterocycles. The van der Waals surface area contributed by atoms with Crippen molar-refractivity contribution >= 4 is 10.0 Å². The van der Waals surface area contributed by atoms with Crippen LogP contribution in [-0.2, 0) is 10.0 Å². The maximum Gasteiger partial charge on any atom is 0.260 e. The van der Waals surface area contributed by atoms with E-state index in [0.717, 1.165) is 32.2 Å². The van der Waals surface area contributed by atoms with E-state index in [-0.39, 0.29) is 11.1 Å². The van der Waals surface area contributed by atoms with Crippen LogP contribution in [0.2, 0.25) is 0 Å². The van der Waals surface area contributed by atoms with Gasteiger partial charge in [-0.1, -0.05) is 6.42 Å². The summed E-state index contributed by atoms with van der Waals surface area (Å²) in [4.78, 5) is 6.49. The Labute approximate surface area is 108 Å². The van der Waals surface area contributed by atoms with E-state index in [9.17, 15) is 8.42 Å². The summed E-state index contributed by atoms with van der Waals surface area (Å²) in [7, 11) is -1.53. The lowest BCUT2D eigenvalue weighted by molar-refractivity contribution is 0.240. The van der Waals surface area contributed by atoms with E-state index in [4.69, 9.17) is 0 Å². The first-order valence-corrected chi connectivity index (χ1v) is 7.75.